The van der Waals surface area contributed by atoms with Crippen molar-refractivity contribution >= 4 is 24.7 Å². The molecule has 1 saturated heterocycles. The zero-order valence-electron chi connectivity index (χ0n) is 21.1. The third-order valence-corrected chi connectivity index (χ3v) is 6.62. The largest absolute Gasteiger partial charge is 0.494 e. The molecule has 0 spiro atoms. The summed E-state index contributed by atoms with van der Waals surface area (Å²) in [4.78, 5) is 0. The molecule has 166 valence electrons. The Hall–Kier alpha value is -1.84. The molecule has 2 aromatic carbocycles. The van der Waals surface area contributed by atoms with Gasteiger partial charge in [0.2, 0.25) is 0 Å². The lowest BCUT2D eigenvalue weighted by Gasteiger charge is -2.32. The van der Waals surface area contributed by atoms with Gasteiger partial charge >= 0.3 is 7.12 Å². The van der Waals surface area contributed by atoms with Crippen LogP contribution in [0.5, 0.6) is 0 Å². The molecule has 0 aromatic heterocycles. The van der Waals surface area contributed by atoms with Crippen LogP contribution < -0.4 is 5.46 Å². The summed E-state index contributed by atoms with van der Waals surface area (Å²) in [5.74, 6) is 0. The molecule has 0 unspecified atom stereocenters. The molecule has 0 atom stereocenters. The zero-order valence-corrected chi connectivity index (χ0v) is 21.1. The fraction of sp³-hybridized carbons (Fsp3) is 0.500. The first kappa shape index (κ1) is 23.8. The van der Waals surface area contributed by atoms with Crippen LogP contribution in [-0.4, -0.2) is 18.3 Å². The van der Waals surface area contributed by atoms with Crippen molar-refractivity contribution in [2.45, 2.75) is 91.3 Å². The highest BCUT2D eigenvalue weighted by atomic mass is 16.7. The maximum atomic E-state index is 6.17. The Bertz CT molecular complexity index is 906. The molecular formula is C28H39BO2. The van der Waals surface area contributed by atoms with Gasteiger partial charge in [-0.2, -0.15) is 0 Å². The number of rotatable bonds is 3. The summed E-state index contributed by atoms with van der Waals surface area (Å²) in [5, 5.41) is 0. The lowest BCUT2D eigenvalue weighted by molar-refractivity contribution is 0.00578. The van der Waals surface area contributed by atoms with Gasteiger partial charge in [0.25, 0.3) is 0 Å². The molecule has 0 saturated carbocycles. The van der Waals surface area contributed by atoms with E-state index in [0.717, 1.165) is 5.46 Å². The zero-order chi connectivity index (χ0) is 23.2. The van der Waals surface area contributed by atoms with Crippen LogP contribution in [0.25, 0.3) is 12.2 Å². The van der Waals surface area contributed by atoms with Crippen LogP contribution in [0, 0.1) is 0 Å². The molecular weight excluding hydrogens is 379 g/mol. The highest BCUT2D eigenvalue weighted by molar-refractivity contribution is 6.62. The van der Waals surface area contributed by atoms with E-state index in [1.54, 1.807) is 0 Å². The first-order valence-electron chi connectivity index (χ1n) is 11.4. The Morgan fingerprint density at radius 1 is 0.645 bits per heavy atom. The lowest BCUT2D eigenvalue weighted by Crippen LogP contribution is -2.41. The predicted molar refractivity (Wildman–Crippen MR) is 135 cm³/mol. The summed E-state index contributed by atoms with van der Waals surface area (Å²) in [5.41, 5.74) is 5.80. The van der Waals surface area contributed by atoms with Crippen LogP contribution in [-0.2, 0) is 20.1 Å². The normalized spacial score (nSPS) is 18.7. The molecule has 0 bridgehead atoms. The second kappa shape index (κ2) is 7.94. The fourth-order valence-electron chi connectivity index (χ4n) is 3.55. The summed E-state index contributed by atoms with van der Waals surface area (Å²) >= 11 is 0. The Kier molecular flexibility index (Phi) is 6.10. The van der Waals surface area contributed by atoms with Crippen molar-refractivity contribution in [1.82, 2.24) is 0 Å². The van der Waals surface area contributed by atoms with Crippen molar-refractivity contribution in [3.63, 3.8) is 0 Å². The van der Waals surface area contributed by atoms with E-state index in [0.29, 0.717) is 0 Å². The van der Waals surface area contributed by atoms with Crippen molar-refractivity contribution in [3.05, 3.63) is 64.7 Å². The molecule has 0 N–H and O–H groups in total. The summed E-state index contributed by atoms with van der Waals surface area (Å²) < 4.78 is 12.3. The van der Waals surface area contributed by atoms with Gasteiger partial charge in [0.1, 0.15) is 0 Å². The Morgan fingerprint density at radius 3 is 1.48 bits per heavy atom. The molecule has 31 heavy (non-hydrogen) atoms. The number of benzene rings is 2. The highest BCUT2D eigenvalue weighted by Gasteiger charge is 2.51. The molecule has 1 aliphatic heterocycles. The van der Waals surface area contributed by atoms with E-state index in [2.05, 4.69) is 124 Å². The van der Waals surface area contributed by atoms with Gasteiger partial charge in [0, 0.05) is 0 Å². The smallest absolute Gasteiger partial charge is 0.399 e. The Morgan fingerprint density at radius 2 is 1.06 bits per heavy atom. The Labute approximate surface area is 190 Å². The molecule has 3 heteroatoms. The molecule has 0 amide bonds. The molecule has 3 rings (SSSR count). The van der Waals surface area contributed by atoms with E-state index in [1.165, 1.54) is 22.3 Å². The lowest BCUT2D eigenvalue weighted by atomic mass is 9.78. The number of hydrogen-bond acceptors (Lipinski definition) is 2. The molecule has 1 fully saturated rings. The van der Waals surface area contributed by atoms with Crippen molar-refractivity contribution < 1.29 is 9.31 Å². The van der Waals surface area contributed by atoms with Gasteiger partial charge in [-0.1, -0.05) is 96.2 Å². The number of hydrogen-bond donors (Lipinski definition) is 0. The second-order valence-electron chi connectivity index (χ2n) is 11.9. The predicted octanol–water partition coefficient (Wildman–Crippen LogP) is 6.75. The van der Waals surface area contributed by atoms with Crippen LogP contribution in [0.3, 0.4) is 0 Å². The van der Waals surface area contributed by atoms with Gasteiger partial charge in [-0.25, -0.2) is 0 Å². The van der Waals surface area contributed by atoms with Gasteiger partial charge in [-0.3, -0.25) is 0 Å². The molecule has 1 heterocycles. The monoisotopic (exact) mass is 418 g/mol. The van der Waals surface area contributed by atoms with Gasteiger partial charge in [-0.15, -0.1) is 0 Å². The molecule has 2 nitrogen and oxygen atoms in total. The van der Waals surface area contributed by atoms with Crippen molar-refractivity contribution in [2.75, 3.05) is 0 Å². The quantitative estimate of drug-likeness (QED) is 0.405. The molecule has 2 aromatic rings. The van der Waals surface area contributed by atoms with Crippen molar-refractivity contribution in [2.24, 2.45) is 0 Å². The van der Waals surface area contributed by atoms with E-state index in [4.69, 9.17) is 9.31 Å². The molecule has 0 aliphatic carbocycles. The SMILES string of the molecule is CC(C)(C)c1cc(/C=C/c2ccc(B3OC(C)(C)C(C)(C)O3)cc2)cc(C(C)(C)C)c1. The van der Waals surface area contributed by atoms with Crippen molar-refractivity contribution in [1.29, 1.82) is 0 Å². The minimum atomic E-state index is -0.320. The van der Waals surface area contributed by atoms with Crippen LogP contribution >= 0.6 is 0 Å². The van der Waals surface area contributed by atoms with Crippen molar-refractivity contribution in [3.8, 4) is 0 Å². The van der Waals surface area contributed by atoms with E-state index in [9.17, 15) is 0 Å². The van der Waals surface area contributed by atoms with Crippen LogP contribution in [0.2, 0.25) is 0 Å². The average Bonchev–Trinajstić information content (AvgIpc) is 2.86. The first-order valence-corrected chi connectivity index (χ1v) is 11.4. The van der Waals surface area contributed by atoms with E-state index in [1.807, 2.05) is 0 Å². The average molecular weight is 418 g/mol. The highest BCUT2D eigenvalue weighted by Crippen LogP contribution is 2.36. The second-order valence-corrected chi connectivity index (χ2v) is 11.9. The fourth-order valence-corrected chi connectivity index (χ4v) is 3.55. The molecule has 1 aliphatic rings. The van der Waals surface area contributed by atoms with E-state index >= 15 is 0 Å². The Balaban J connectivity index is 1.83. The topological polar surface area (TPSA) is 18.5 Å². The third-order valence-electron chi connectivity index (χ3n) is 6.62. The maximum absolute atomic E-state index is 6.17. The first-order chi connectivity index (χ1) is 14.1. The van der Waals surface area contributed by atoms with Crippen LogP contribution in [0.15, 0.2) is 42.5 Å². The summed E-state index contributed by atoms with van der Waals surface area (Å²) in [7, 11) is -0.319. The third kappa shape index (κ3) is 5.33. The summed E-state index contributed by atoms with van der Waals surface area (Å²) in [6.45, 7) is 22.0. The van der Waals surface area contributed by atoms with Crippen LogP contribution in [0.1, 0.15) is 91.5 Å². The van der Waals surface area contributed by atoms with Gasteiger partial charge in [0.05, 0.1) is 11.2 Å². The van der Waals surface area contributed by atoms with Gasteiger partial charge in [0.15, 0.2) is 0 Å². The minimum Gasteiger partial charge on any atom is -0.399 e. The van der Waals surface area contributed by atoms with Gasteiger partial charge in [-0.05, 0) is 66.2 Å². The molecule has 0 radical (unpaired) electrons. The van der Waals surface area contributed by atoms with E-state index in [-0.39, 0.29) is 29.2 Å². The minimum absolute atomic E-state index is 0.119. The van der Waals surface area contributed by atoms with Crippen LogP contribution in [0.4, 0.5) is 0 Å². The summed E-state index contributed by atoms with van der Waals surface area (Å²) in [6.07, 6.45) is 4.40. The maximum Gasteiger partial charge on any atom is 0.494 e. The van der Waals surface area contributed by atoms with Gasteiger partial charge < -0.3 is 9.31 Å². The summed E-state index contributed by atoms with van der Waals surface area (Å²) in [6, 6.07) is 15.5. The van der Waals surface area contributed by atoms with E-state index < -0.39 is 0 Å². The standard InChI is InChI=1S/C28H39BO2/c1-25(2,3)22-17-21(18-23(19-22)26(4,5)6)12-11-20-13-15-24(16-14-20)29-30-27(7,8)28(9,10)31-29/h11-19H,1-10H3/b12-11+.